The number of aromatic nitrogens is 2. The molecule has 0 spiro atoms. The summed E-state index contributed by atoms with van der Waals surface area (Å²) < 4.78 is 5.71. The molecule has 7 heteroatoms. The van der Waals surface area contributed by atoms with Crippen molar-refractivity contribution in [3.05, 3.63) is 84.5 Å². The van der Waals surface area contributed by atoms with Crippen LogP contribution in [0.4, 0.5) is 0 Å². The highest BCUT2D eigenvalue weighted by atomic mass is 16.5. The van der Waals surface area contributed by atoms with Gasteiger partial charge in [0.15, 0.2) is 0 Å². The molecule has 7 nitrogen and oxygen atoms in total. The van der Waals surface area contributed by atoms with Crippen LogP contribution < -0.4 is 10.1 Å². The number of rotatable bonds is 8. The summed E-state index contributed by atoms with van der Waals surface area (Å²) in [6.45, 7) is 0. The van der Waals surface area contributed by atoms with Crippen LogP contribution in [0.1, 0.15) is 11.3 Å². The van der Waals surface area contributed by atoms with Crippen LogP contribution in [0.15, 0.2) is 73.2 Å². The van der Waals surface area contributed by atoms with E-state index in [1.54, 1.807) is 30.3 Å². The Morgan fingerprint density at radius 2 is 1.82 bits per heavy atom. The van der Waals surface area contributed by atoms with Crippen molar-refractivity contribution in [1.29, 1.82) is 0 Å². The van der Waals surface area contributed by atoms with E-state index in [2.05, 4.69) is 15.3 Å². The predicted octanol–water partition coefficient (Wildman–Crippen LogP) is 3.03. The molecule has 0 saturated carbocycles. The van der Waals surface area contributed by atoms with Gasteiger partial charge in [0.25, 0.3) is 0 Å². The van der Waals surface area contributed by atoms with Crippen molar-refractivity contribution in [2.45, 2.75) is 12.5 Å². The number of nitrogens with one attached hydrogen (secondary N) is 2. The third-order valence-corrected chi connectivity index (χ3v) is 3.88. The highest BCUT2D eigenvalue weighted by molar-refractivity contribution is 5.94. The Hall–Kier alpha value is -3.87. The molecule has 0 saturated heterocycles. The number of carbonyl (C=O) groups is 2. The van der Waals surface area contributed by atoms with Gasteiger partial charge in [0.2, 0.25) is 5.91 Å². The molecule has 28 heavy (non-hydrogen) atoms. The fourth-order valence-corrected chi connectivity index (χ4v) is 2.48. The second-order valence-corrected chi connectivity index (χ2v) is 6.00. The Bertz CT molecular complexity index is 936. The van der Waals surface area contributed by atoms with Crippen LogP contribution in [0.5, 0.6) is 11.5 Å². The van der Waals surface area contributed by atoms with Crippen molar-refractivity contribution < 1.29 is 19.4 Å². The molecule has 1 aromatic heterocycles. The number of nitrogens with zero attached hydrogens (tertiary/aromatic N) is 1. The molecule has 0 fully saturated rings. The van der Waals surface area contributed by atoms with E-state index in [0.717, 1.165) is 11.3 Å². The second kappa shape index (κ2) is 9.18. The number of aromatic amines is 1. The molecule has 142 valence electrons. The molecule has 2 aromatic carbocycles. The number of ether oxygens (including phenoxy) is 1. The largest absolute Gasteiger partial charge is 0.480 e. The van der Waals surface area contributed by atoms with Crippen LogP contribution in [0.2, 0.25) is 0 Å². The van der Waals surface area contributed by atoms with Gasteiger partial charge in [-0.1, -0.05) is 30.3 Å². The lowest BCUT2D eigenvalue weighted by molar-refractivity contribution is -0.141. The summed E-state index contributed by atoms with van der Waals surface area (Å²) in [4.78, 5) is 30.1. The topological polar surface area (TPSA) is 104 Å². The number of amides is 1. The van der Waals surface area contributed by atoms with E-state index in [1.807, 2.05) is 30.3 Å². The molecule has 3 N–H and O–H groups in total. The van der Waals surface area contributed by atoms with Gasteiger partial charge in [0, 0.05) is 24.4 Å². The van der Waals surface area contributed by atoms with Crippen LogP contribution >= 0.6 is 0 Å². The van der Waals surface area contributed by atoms with Gasteiger partial charge >= 0.3 is 5.97 Å². The first-order chi connectivity index (χ1) is 13.6. The predicted molar refractivity (Wildman–Crippen MR) is 104 cm³/mol. The van der Waals surface area contributed by atoms with Crippen LogP contribution in [0, 0.1) is 0 Å². The van der Waals surface area contributed by atoms with E-state index in [-0.39, 0.29) is 6.42 Å². The van der Waals surface area contributed by atoms with Gasteiger partial charge in [0.1, 0.15) is 17.5 Å². The molecule has 1 atom stereocenters. The number of para-hydroxylation sites is 1. The molecule has 0 radical (unpaired) electrons. The summed E-state index contributed by atoms with van der Waals surface area (Å²) in [6.07, 6.45) is 6.02. The Balaban J connectivity index is 1.56. The zero-order valence-corrected chi connectivity index (χ0v) is 14.9. The number of imidazole rings is 1. The number of carboxylic acids is 1. The zero-order valence-electron chi connectivity index (χ0n) is 14.9. The number of benzene rings is 2. The third-order valence-electron chi connectivity index (χ3n) is 3.88. The normalized spacial score (nSPS) is 11.9. The lowest BCUT2D eigenvalue weighted by atomic mass is 10.1. The van der Waals surface area contributed by atoms with Crippen molar-refractivity contribution in [2.75, 3.05) is 0 Å². The molecule has 0 aliphatic heterocycles. The summed E-state index contributed by atoms with van der Waals surface area (Å²) in [6, 6.07) is 15.6. The molecule has 0 aliphatic rings. The second-order valence-electron chi connectivity index (χ2n) is 6.00. The smallest absolute Gasteiger partial charge is 0.326 e. The fourth-order valence-electron chi connectivity index (χ4n) is 2.48. The number of aliphatic carboxylic acids is 1. The number of H-pyrrole nitrogens is 1. The minimum absolute atomic E-state index is 0.125. The highest BCUT2D eigenvalue weighted by Crippen LogP contribution is 2.21. The number of carbonyl (C=O) groups excluding carboxylic acids is 1. The van der Waals surface area contributed by atoms with Crippen molar-refractivity contribution in [2.24, 2.45) is 0 Å². The Labute approximate surface area is 161 Å². The van der Waals surface area contributed by atoms with Crippen molar-refractivity contribution in [1.82, 2.24) is 15.3 Å². The van der Waals surface area contributed by atoms with Crippen LogP contribution in [0.25, 0.3) is 6.08 Å². The van der Waals surface area contributed by atoms with Crippen molar-refractivity contribution >= 4 is 18.0 Å². The molecule has 1 heterocycles. The van der Waals surface area contributed by atoms with E-state index in [1.165, 1.54) is 18.6 Å². The summed E-state index contributed by atoms with van der Waals surface area (Å²) in [7, 11) is 0. The minimum atomic E-state index is -1.11. The van der Waals surface area contributed by atoms with Crippen molar-refractivity contribution in [3.8, 4) is 11.5 Å². The van der Waals surface area contributed by atoms with E-state index in [4.69, 9.17) is 4.74 Å². The fraction of sp³-hybridized carbons (Fsp3) is 0.0952. The van der Waals surface area contributed by atoms with Crippen LogP contribution in [-0.2, 0) is 16.0 Å². The monoisotopic (exact) mass is 377 g/mol. The Kier molecular flexibility index (Phi) is 6.20. The lowest BCUT2D eigenvalue weighted by Crippen LogP contribution is -2.41. The van der Waals surface area contributed by atoms with Crippen LogP contribution in [0.3, 0.4) is 0 Å². The zero-order chi connectivity index (χ0) is 19.8. The maximum atomic E-state index is 12.1. The Morgan fingerprint density at radius 3 is 2.46 bits per heavy atom. The van der Waals surface area contributed by atoms with Crippen molar-refractivity contribution in [3.63, 3.8) is 0 Å². The molecule has 3 aromatic rings. The summed E-state index contributed by atoms with van der Waals surface area (Å²) >= 11 is 0. The first kappa shape index (κ1) is 18.9. The molecule has 1 unspecified atom stereocenters. The maximum absolute atomic E-state index is 12.1. The maximum Gasteiger partial charge on any atom is 0.326 e. The molecule has 0 aliphatic carbocycles. The average Bonchev–Trinajstić information content (AvgIpc) is 3.21. The number of carboxylic acid groups (broad SMARTS) is 1. The molecule has 1 amide bonds. The summed E-state index contributed by atoms with van der Waals surface area (Å²) in [5, 5.41) is 11.7. The highest BCUT2D eigenvalue weighted by Gasteiger charge is 2.19. The van der Waals surface area contributed by atoms with Crippen LogP contribution in [-0.4, -0.2) is 33.0 Å². The average molecular weight is 377 g/mol. The molecule has 0 bridgehead atoms. The molecular formula is C21H19N3O4. The first-order valence-electron chi connectivity index (χ1n) is 8.62. The third kappa shape index (κ3) is 5.57. The minimum Gasteiger partial charge on any atom is -0.480 e. The summed E-state index contributed by atoms with van der Waals surface area (Å²) in [5.41, 5.74) is 1.42. The molecule has 3 rings (SSSR count). The van der Waals surface area contributed by atoms with E-state index in [0.29, 0.717) is 11.4 Å². The van der Waals surface area contributed by atoms with E-state index in [9.17, 15) is 14.7 Å². The van der Waals surface area contributed by atoms with Gasteiger partial charge in [-0.25, -0.2) is 9.78 Å². The quantitative estimate of drug-likeness (QED) is 0.524. The van der Waals surface area contributed by atoms with Gasteiger partial charge in [-0.05, 0) is 35.9 Å². The Morgan fingerprint density at radius 1 is 1.11 bits per heavy atom. The van der Waals surface area contributed by atoms with Gasteiger partial charge < -0.3 is 20.1 Å². The number of hydrogen-bond acceptors (Lipinski definition) is 4. The van der Waals surface area contributed by atoms with Gasteiger partial charge in [0.05, 0.1) is 6.33 Å². The summed E-state index contributed by atoms with van der Waals surface area (Å²) in [5.74, 6) is -0.184. The lowest BCUT2D eigenvalue weighted by Gasteiger charge is -2.12. The molecular weight excluding hydrogens is 358 g/mol. The first-order valence-corrected chi connectivity index (χ1v) is 8.62. The SMILES string of the molecule is O=C(C=Cc1ccc(Oc2ccccc2)cc1)NC(Cc1cnc[nH]1)C(=O)O. The number of hydrogen-bond donors (Lipinski definition) is 3. The van der Waals surface area contributed by atoms with E-state index < -0.39 is 17.9 Å². The van der Waals surface area contributed by atoms with Gasteiger partial charge in [-0.15, -0.1) is 0 Å². The van der Waals surface area contributed by atoms with Gasteiger partial charge in [-0.2, -0.15) is 0 Å². The standard InChI is InChI=1S/C21H19N3O4/c25-20(24-19(21(26)27)12-16-13-22-14-23-16)11-8-15-6-9-18(10-7-15)28-17-4-2-1-3-5-17/h1-11,13-14,19H,12H2,(H,22,23)(H,24,25)(H,26,27). The van der Waals surface area contributed by atoms with Gasteiger partial charge in [-0.3, -0.25) is 4.79 Å². The van der Waals surface area contributed by atoms with E-state index >= 15 is 0 Å².